The number of hydrogen-bond donors (Lipinski definition) is 1. The summed E-state index contributed by atoms with van der Waals surface area (Å²) in [6, 6.07) is 11.6. The molecule has 2 heterocycles. The highest BCUT2D eigenvalue weighted by atomic mass is 35.5. The molecule has 11 heteroatoms. The maximum absolute atomic E-state index is 13.0. The number of benzene rings is 2. The number of aryl methyl sites for hydroxylation is 3. The zero-order valence-electron chi connectivity index (χ0n) is 23.5. The molecule has 0 aliphatic rings. The van der Waals surface area contributed by atoms with Crippen LogP contribution in [-0.4, -0.2) is 39.5 Å². The van der Waals surface area contributed by atoms with Gasteiger partial charge in [0.25, 0.3) is 0 Å². The molecule has 8 nitrogen and oxygen atoms in total. The lowest BCUT2D eigenvalue weighted by molar-refractivity contribution is -0.113. The van der Waals surface area contributed by atoms with E-state index in [1.165, 1.54) is 30.2 Å². The van der Waals surface area contributed by atoms with Crippen LogP contribution in [0.3, 0.4) is 0 Å². The van der Waals surface area contributed by atoms with Crippen LogP contribution in [0.2, 0.25) is 5.02 Å². The van der Waals surface area contributed by atoms with Crippen LogP contribution in [0.5, 0.6) is 5.75 Å². The molecule has 0 aliphatic heterocycles. The number of halogens is 1. The van der Waals surface area contributed by atoms with E-state index in [-0.39, 0.29) is 11.7 Å². The highest BCUT2D eigenvalue weighted by Crippen LogP contribution is 2.36. The number of anilines is 1. The van der Waals surface area contributed by atoms with Gasteiger partial charge in [-0.3, -0.25) is 9.36 Å². The molecule has 0 radical (unpaired) electrons. The monoisotopic (exact) mass is 610 g/mol. The third-order valence-electron chi connectivity index (χ3n) is 6.27. The second kappa shape index (κ2) is 13.4. The van der Waals surface area contributed by atoms with E-state index in [9.17, 15) is 9.59 Å². The second-order valence-electron chi connectivity index (χ2n) is 9.42. The fourth-order valence-electron chi connectivity index (χ4n) is 4.23. The minimum Gasteiger partial charge on any atom is -0.483 e. The van der Waals surface area contributed by atoms with E-state index in [0.29, 0.717) is 44.4 Å². The van der Waals surface area contributed by atoms with Gasteiger partial charge in [-0.25, -0.2) is 4.79 Å². The van der Waals surface area contributed by atoms with E-state index in [1.807, 2.05) is 74.0 Å². The molecule has 1 N–H and O–H groups in total. The van der Waals surface area contributed by atoms with Crippen LogP contribution in [0.1, 0.15) is 45.9 Å². The lowest BCUT2D eigenvalue weighted by atomic mass is 10.0. The average Bonchev–Trinajstić information content (AvgIpc) is 3.55. The first kappa shape index (κ1) is 30.4. The van der Waals surface area contributed by atoms with E-state index in [1.54, 1.807) is 6.08 Å². The first-order valence-electron chi connectivity index (χ1n) is 12.8. The van der Waals surface area contributed by atoms with E-state index in [2.05, 4.69) is 22.1 Å². The van der Waals surface area contributed by atoms with Gasteiger partial charge in [-0.2, -0.15) is 0 Å². The summed E-state index contributed by atoms with van der Waals surface area (Å²) >= 11 is 8.81. The van der Waals surface area contributed by atoms with Crippen LogP contribution >= 0.6 is 34.7 Å². The number of nitrogens with zero attached hydrogens (tertiary/aromatic N) is 3. The summed E-state index contributed by atoms with van der Waals surface area (Å²) in [5.41, 5.74) is 4.87. The first-order valence-corrected chi connectivity index (χ1v) is 15.0. The van der Waals surface area contributed by atoms with Gasteiger partial charge in [-0.15, -0.1) is 28.1 Å². The van der Waals surface area contributed by atoms with Gasteiger partial charge in [0.1, 0.15) is 16.3 Å². The zero-order chi connectivity index (χ0) is 29.7. The summed E-state index contributed by atoms with van der Waals surface area (Å²) in [5.74, 6) is 0.537. The van der Waals surface area contributed by atoms with Gasteiger partial charge < -0.3 is 14.8 Å². The van der Waals surface area contributed by atoms with Gasteiger partial charge >= 0.3 is 5.97 Å². The van der Waals surface area contributed by atoms with Gasteiger partial charge in [-0.05, 0) is 56.5 Å². The fourth-order valence-corrected chi connectivity index (χ4v) is 6.07. The molecular weight excluding hydrogens is 580 g/mol. The number of hydrogen-bond acceptors (Lipinski definition) is 8. The Bertz CT molecular complexity index is 1560. The van der Waals surface area contributed by atoms with Crippen molar-refractivity contribution in [3.8, 4) is 16.9 Å². The van der Waals surface area contributed by atoms with Gasteiger partial charge in [0.2, 0.25) is 5.91 Å². The molecule has 214 valence electrons. The summed E-state index contributed by atoms with van der Waals surface area (Å²) in [7, 11) is 1.32. The Labute approximate surface area is 252 Å². The number of thiophene rings is 1. The number of carbonyl (C=O) groups excluding carboxylic acids is 2. The zero-order valence-corrected chi connectivity index (χ0v) is 25.9. The fraction of sp³-hybridized carbons (Fsp3) is 0.267. The Morgan fingerprint density at radius 1 is 1.17 bits per heavy atom. The number of carbonyl (C=O) groups is 2. The van der Waals surface area contributed by atoms with E-state index in [4.69, 9.17) is 21.1 Å². The van der Waals surface area contributed by atoms with Gasteiger partial charge in [0.05, 0.1) is 12.9 Å². The Kier molecular flexibility index (Phi) is 9.90. The van der Waals surface area contributed by atoms with Crippen molar-refractivity contribution in [3.05, 3.63) is 87.5 Å². The van der Waals surface area contributed by atoms with Crippen LogP contribution in [0.25, 0.3) is 11.1 Å². The van der Waals surface area contributed by atoms with Crippen molar-refractivity contribution in [2.75, 3.05) is 18.2 Å². The van der Waals surface area contributed by atoms with E-state index >= 15 is 0 Å². The summed E-state index contributed by atoms with van der Waals surface area (Å²) in [6.45, 7) is 12.0. The van der Waals surface area contributed by atoms with Crippen LogP contribution in [0, 0.1) is 20.8 Å². The van der Waals surface area contributed by atoms with Gasteiger partial charge in [0, 0.05) is 22.5 Å². The summed E-state index contributed by atoms with van der Waals surface area (Å²) in [4.78, 5) is 25.7. The predicted octanol–water partition coefficient (Wildman–Crippen LogP) is 7.43. The lowest BCUT2D eigenvalue weighted by Gasteiger charge is -2.17. The molecule has 4 rings (SSSR count). The van der Waals surface area contributed by atoms with Crippen LogP contribution in [0.4, 0.5) is 5.00 Å². The standard InChI is InChI=1S/C30H31ClN4O4S2/c1-7-12-35-27(20(5)39-22-13-18(3)26(31)19(4)14-22)33-34-30(35)41-16-24(36)32-28-25(29(37)38-6)23(15-40-28)21-10-8-17(2)9-11-21/h7-11,13-15,20H,1,12,16H2,2-6H3,(H,32,36). The number of methoxy groups -OCH3 is 1. The maximum atomic E-state index is 13.0. The molecule has 0 saturated heterocycles. The van der Waals surface area contributed by atoms with Crippen molar-refractivity contribution >= 4 is 51.6 Å². The molecule has 0 fully saturated rings. The molecule has 0 spiro atoms. The summed E-state index contributed by atoms with van der Waals surface area (Å²) in [6.07, 6.45) is 1.32. The van der Waals surface area contributed by atoms with Crippen LogP contribution in [-0.2, 0) is 16.1 Å². The van der Waals surface area contributed by atoms with Crippen molar-refractivity contribution in [1.82, 2.24) is 14.8 Å². The molecule has 1 amide bonds. The Balaban J connectivity index is 1.48. The first-order chi connectivity index (χ1) is 19.6. The average molecular weight is 611 g/mol. The molecule has 0 aliphatic carbocycles. The maximum Gasteiger partial charge on any atom is 0.341 e. The molecule has 4 aromatic rings. The number of ether oxygens (including phenoxy) is 2. The molecule has 2 aromatic heterocycles. The third kappa shape index (κ3) is 7.01. The Morgan fingerprint density at radius 2 is 1.85 bits per heavy atom. The highest BCUT2D eigenvalue weighted by Gasteiger charge is 2.24. The van der Waals surface area contributed by atoms with Gasteiger partial charge in [-0.1, -0.05) is 59.3 Å². The molecule has 1 unspecified atom stereocenters. The predicted molar refractivity (Wildman–Crippen MR) is 165 cm³/mol. The molecule has 2 aromatic carbocycles. The van der Waals surface area contributed by atoms with Crippen LogP contribution < -0.4 is 10.1 Å². The minimum absolute atomic E-state index is 0.0540. The lowest BCUT2D eigenvalue weighted by Crippen LogP contribution is -2.17. The minimum atomic E-state index is -0.514. The van der Waals surface area contributed by atoms with E-state index in [0.717, 1.165) is 22.3 Å². The van der Waals surface area contributed by atoms with Crippen LogP contribution in [0.15, 0.2) is 59.6 Å². The van der Waals surface area contributed by atoms with Crippen molar-refractivity contribution in [2.45, 2.75) is 45.5 Å². The van der Waals surface area contributed by atoms with E-state index < -0.39 is 12.1 Å². The third-order valence-corrected chi connectivity index (χ3v) is 8.73. The quantitative estimate of drug-likeness (QED) is 0.107. The number of nitrogens with one attached hydrogen (secondary N) is 1. The molecule has 1 atom stereocenters. The number of rotatable bonds is 11. The molecule has 0 saturated carbocycles. The number of aromatic nitrogens is 3. The molecule has 0 bridgehead atoms. The smallest absolute Gasteiger partial charge is 0.341 e. The van der Waals surface area contributed by atoms with Gasteiger partial charge in [0.15, 0.2) is 17.1 Å². The van der Waals surface area contributed by atoms with Crippen molar-refractivity contribution in [2.24, 2.45) is 0 Å². The van der Waals surface area contributed by atoms with Crippen molar-refractivity contribution < 1.29 is 19.1 Å². The van der Waals surface area contributed by atoms with Crippen molar-refractivity contribution in [3.63, 3.8) is 0 Å². The van der Waals surface area contributed by atoms with Crippen molar-refractivity contribution in [1.29, 1.82) is 0 Å². The Morgan fingerprint density at radius 3 is 2.49 bits per heavy atom. The molecular formula is C30H31ClN4O4S2. The number of esters is 1. The molecule has 41 heavy (non-hydrogen) atoms. The normalized spacial score (nSPS) is 11.7. The largest absolute Gasteiger partial charge is 0.483 e. The number of allylic oxidation sites excluding steroid dienone is 1. The highest BCUT2D eigenvalue weighted by molar-refractivity contribution is 7.99. The number of amides is 1. The summed E-state index contributed by atoms with van der Waals surface area (Å²) in [5, 5.41) is 15.1. The number of thioether (sulfide) groups is 1. The summed E-state index contributed by atoms with van der Waals surface area (Å²) < 4.78 is 13.1. The second-order valence-corrected chi connectivity index (χ2v) is 11.6. The Hall–Kier alpha value is -3.60. The SMILES string of the molecule is C=CCn1c(SCC(=O)Nc2scc(-c3ccc(C)cc3)c2C(=O)OC)nnc1C(C)Oc1cc(C)c(Cl)c(C)c1. The topological polar surface area (TPSA) is 95.3 Å².